The lowest BCUT2D eigenvalue weighted by molar-refractivity contribution is -0.148. The summed E-state index contributed by atoms with van der Waals surface area (Å²) in [6.07, 6.45) is 1.58. The van der Waals surface area contributed by atoms with E-state index in [0.29, 0.717) is 11.6 Å². The molecule has 0 saturated heterocycles. The molecule has 0 radical (unpaired) electrons. The van der Waals surface area contributed by atoms with Crippen LogP contribution >= 0.6 is 11.6 Å². The minimum atomic E-state index is -3.86. The Labute approximate surface area is 175 Å². The topological polar surface area (TPSA) is 92.8 Å². The van der Waals surface area contributed by atoms with Gasteiger partial charge >= 0.3 is 5.97 Å². The number of sulfonamides is 1. The summed E-state index contributed by atoms with van der Waals surface area (Å²) in [5.74, 6) is -1.25. The van der Waals surface area contributed by atoms with Crippen LogP contribution in [-0.2, 0) is 30.8 Å². The third-order valence-electron chi connectivity index (χ3n) is 4.05. The van der Waals surface area contributed by atoms with Gasteiger partial charge < -0.3 is 10.1 Å². The lowest BCUT2D eigenvalue weighted by atomic mass is 10.1. The maximum atomic E-state index is 12.4. The van der Waals surface area contributed by atoms with Crippen molar-refractivity contribution in [3.8, 4) is 0 Å². The summed E-state index contributed by atoms with van der Waals surface area (Å²) in [7, 11) is -2.60. The smallest absolute Gasteiger partial charge is 0.321 e. The molecule has 29 heavy (non-hydrogen) atoms. The number of hydrogen-bond acceptors (Lipinski definition) is 5. The van der Waals surface area contributed by atoms with Crippen molar-refractivity contribution in [3.63, 3.8) is 0 Å². The van der Waals surface area contributed by atoms with E-state index in [9.17, 15) is 18.0 Å². The van der Waals surface area contributed by atoms with Crippen LogP contribution in [0.25, 0.3) is 0 Å². The number of nitrogens with zero attached hydrogens (tertiary/aromatic N) is 1. The average Bonchev–Trinajstić information content (AvgIpc) is 2.70. The van der Waals surface area contributed by atoms with Crippen molar-refractivity contribution < 1.29 is 22.7 Å². The zero-order chi connectivity index (χ0) is 21.3. The Kier molecular flexibility index (Phi) is 8.63. The van der Waals surface area contributed by atoms with Gasteiger partial charge in [0.1, 0.15) is 6.54 Å². The number of nitrogens with one attached hydrogen (secondary N) is 1. The summed E-state index contributed by atoms with van der Waals surface area (Å²) in [5, 5.41) is 3.07. The zero-order valence-electron chi connectivity index (χ0n) is 16.0. The lowest BCUT2D eigenvalue weighted by Crippen LogP contribution is -2.35. The van der Waals surface area contributed by atoms with E-state index >= 15 is 0 Å². The summed E-state index contributed by atoms with van der Waals surface area (Å²) in [5.41, 5.74) is 1.18. The van der Waals surface area contributed by atoms with E-state index in [4.69, 9.17) is 16.3 Å². The number of aryl methyl sites for hydroxylation is 1. The van der Waals surface area contributed by atoms with Gasteiger partial charge in [0.05, 0.1) is 4.90 Å². The number of ether oxygens (including phenoxy) is 1. The molecular formula is C20H23ClN2O5S. The summed E-state index contributed by atoms with van der Waals surface area (Å²) in [6, 6.07) is 15.5. The van der Waals surface area contributed by atoms with Crippen LogP contribution in [-0.4, -0.2) is 51.3 Å². The second kappa shape index (κ2) is 10.9. The van der Waals surface area contributed by atoms with Crippen molar-refractivity contribution >= 4 is 33.5 Å². The third kappa shape index (κ3) is 7.49. The molecule has 2 rings (SSSR count). The van der Waals surface area contributed by atoms with Gasteiger partial charge in [-0.2, -0.15) is 4.31 Å². The van der Waals surface area contributed by atoms with E-state index in [0.717, 1.165) is 17.1 Å². The molecule has 0 unspecified atom stereocenters. The Morgan fingerprint density at radius 1 is 1.07 bits per heavy atom. The molecule has 0 aliphatic rings. The molecule has 7 nitrogen and oxygen atoms in total. The fourth-order valence-electron chi connectivity index (χ4n) is 2.46. The van der Waals surface area contributed by atoms with Crippen LogP contribution in [0.3, 0.4) is 0 Å². The molecule has 0 heterocycles. The van der Waals surface area contributed by atoms with Gasteiger partial charge in [0.2, 0.25) is 10.0 Å². The summed E-state index contributed by atoms with van der Waals surface area (Å²) < 4.78 is 30.5. The highest BCUT2D eigenvalue weighted by Gasteiger charge is 2.23. The first-order valence-corrected chi connectivity index (χ1v) is 10.8. The Balaban J connectivity index is 1.70. The van der Waals surface area contributed by atoms with Gasteiger partial charge in [-0.1, -0.05) is 41.9 Å². The van der Waals surface area contributed by atoms with E-state index in [1.807, 2.05) is 30.3 Å². The van der Waals surface area contributed by atoms with Crippen molar-refractivity contribution in [2.75, 3.05) is 26.7 Å². The number of carbonyl (C=O) groups excluding carboxylic acids is 2. The summed E-state index contributed by atoms with van der Waals surface area (Å²) >= 11 is 5.75. The Bertz CT molecular complexity index is 918. The second-order valence-corrected chi connectivity index (χ2v) is 8.80. The van der Waals surface area contributed by atoms with Crippen molar-refractivity contribution in [1.29, 1.82) is 0 Å². The van der Waals surface area contributed by atoms with Crippen LogP contribution in [0.1, 0.15) is 12.0 Å². The van der Waals surface area contributed by atoms with Gasteiger partial charge in [0, 0.05) is 18.6 Å². The largest absolute Gasteiger partial charge is 0.455 e. The molecule has 1 amide bonds. The predicted molar refractivity (Wildman–Crippen MR) is 110 cm³/mol. The SMILES string of the molecule is CN(CC(=O)OCC(=O)NCCCc1ccccc1)S(=O)(=O)c1ccc(Cl)cc1. The molecule has 0 bridgehead atoms. The van der Waals surface area contributed by atoms with Gasteiger partial charge in [-0.15, -0.1) is 0 Å². The summed E-state index contributed by atoms with van der Waals surface area (Å²) in [4.78, 5) is 23.6. The van der Waals surface area contributed by atoms with E-state index < -0.39 is 35.1 Å². The first kappa shape index (κ1) is 22.9. The first-order chi connectivity index (χ1) is 13.8. The van der Waals surface area contributed by atoms with E-state index in [2.05, 4.69) is 5.32 Å². The highest BCUT2D eigenvalue weighted by atomic mass is 35.5. The van der Waals surface area contributed by atoms with Crippen LogP contribution < -0.4 is 5.32 Å². The molecule has 9 heteroatoms. The second-order valence-electron chi connectivity index (χ2n) is 6.31. The molecular weight excluding hydrogens is 416 g/mol. The number of likely N-dealkylation sites (N-methyl/N-ethyl adjacent to an activating group) is 1. The number of benzene rings is 2. The first-order valence-electron chi connectivity index (χ1n) is 8.97. The van der Waals surface area contributed by atoms with Crippen molar-refractivity contribution in [2.45, 2.75) is 17.7 Å². The highest BCUT2D eigenvalue weighted by Crippen LogP contribution is 2.17. The maximum Gasteiger partial charge on any atom is 0.321 e. The van der Waals surface area contributed by atoms with E-state index in [1.165, 1.54) is 36.9 Å². The monoisotopic (exact) mass is 438 g/mol. The molecule has 2 aromatic carbocycles. The molecule has 0 aromatic heterocycles. The fourth-order valence-corrected chi connectivity index (χ4v) is 3.70. The molecule has 156 valence electrons. The maximum absolute atomic E-state index is 12.4. The molecule has 1 N–H and O–H groups in total. The zero-order valence-corrected chi connectivity index (χ0v) is 17.6. The Morgan fingerprint density at radius 2 is 1.72 bits per heavy atom. The van der Waals surface area contributed by atoms with Crippen molar-refractivity contribution in [2.24, 2.45) is 0 Å². The van der Waals surface area contributed by atoms with Gasteiger partial charge in [-0.3, -0.25) is 9.59 Å². The van der Waals surface area contributed by atoms with Gasteiger partial charge in [-0.25, -0.2) is 8.42 Å². The van der Waals surface area contributed by atoms with E-state index in [1.54, 1.807) is 0 Å². The fraction of sp³-hybridized carbons (Fsp3) is 0.300. The summed E-state index contributed by atoms with van der Waals surface area (Å²) in [6.45, 7) is -0.513. The molecule has 0 atom stereocenters. The molecule has 2 aromatic rings. The number of halogens is 1. The quantitative estimate of drug-likeness (QED) is 0.453. The van der Waals surface area contributed by atoms with Crippen LogP contribution in [0, 0.1) is 0 Å². The van der Waals surface area contributed by atoms with Gasteiger partial charge in [0.25, 0.3) is 5.91 Å². The third-order valence-corrected chi connectivity index (χ3v) is 6.11. The van der Waals surface area contributed by atoms with Crippen LogP contribution in [0.2, 0.25) is 5.02 Å². The lowest BCUT2D eigenvalue weighted by Gasteiger charge is -2.16. The molecule has 0 aliphatic carbocycles. The highest BCUT2D eigenvalue weighted by molar-refractivity contribution is 7.89. The molecule has 0 fully saturated rings. The number of hydrogen-bond donors (Lipinski definition) is 1. The normalized spacial score (nSPS) is 11.3. The number of esters is 1. The number of amides is 1. The van der Waals surface area contributed by atoms with Crippen molar-refractivity contribution in [3.05, 3.63) is 65.2 Å². The standard InChI is InChI=1S/C20H23ClN2O5S/c1-23(29(26,27)18-11-9-17(21)10-12-18)14-20(25)28-15-19(24)22-13-5-8-16-6-3-2-4-7-16/h2-4,6-7,9-12H,5,8,13-15H2,1H3,(H,22,24). The van der Waals surface area contributed by atoms with Crippen LogP contribution in [0.4, 0.5) is 0 Å². The Hall–Kier alpha value is -2.42. The van der Waals surface area contributed by atoms with Crippen LogP contribution in [0.5, 0.6) is 0 Å². The predicted octanol–water partition coefficient (Wildman–Crippen LogP) is 2.25. The minimum Gasteiger partial charge on any atom is -0.455 e. The van der Waals surface area contributed by atoms with Crippen molar-refractivity contribution in [1.82, 2.24) is 9.62 Å². The average molecular weight is 439 g/mol. The minimum absolute atomic E-state index is 0.00774. The number of carbonyl (C=O) groups is 2. The molecule has 0 spiro atoms. The Morgan fingerprint density at radius 3 is 2.38 bits per heavy atom. The molecule has 0 saturated carbocycles. The molecule has 0 aliphatic heterocycles. The van der Waals surface area contributed by atoms with Crippen LogP contribution in [0.15, 0.2) is 59.5 Å². The van der Waals surface area contributed by atoms with Gasteiger partial charge in [-0.05, 0) is 42.7 Å². The number of rotatable bonds is 10. The van der Waals surface area contributed by atoms with Gasteiger partial charge in [0.15, 0.2) is 6.61 Å². The van der Waals surface area contributed by atoms with E-state index in [-0.39, 0.29) is 4.90 Å².